The molecule has 3 aromatic rings. The number of nitrogen functional groups attached to an aromatic ring is 1. The molecule has 0 saturated carbocycles. The van der Waals surface area contributed by atoms with Gasteiger partial charge < -0.3 is 10.5 Å². The molecule has 1 saturated heterocycles. The molecule has 0 amide bonds. The third-order valence-corrected chi connectivity index (χ3v) is 4.82. The van der Waals surface area contributed by atoms with Crippen molar-refractivity contribution in [2.45, 2.75) is 32.4 Å². The highest BCUT2D eigenvalue weighted by molar-refractivity contribution is 5.97. The van der Waals surface area contributed by atoms with E-state index in [0.29, 0.717) is 35.7 Å². The van der Waals surface area contributed by atoms with Gasteiger partial charge in [-0.15, -0.1) is 0 Å². The highest BCUT2D eigenvalue weighted by Gasteiger charge is 2.22. The quantitative estimate of drug-likeness (QED) is 0.748. The minimum Gasteiger partial charge on any atom is -0.397 e. The number of aromatic nitrogens is 3. The van der Waals surface area contributed by atoms with Gasteiger partial charge in [0.1, 0.15) is 5.39 Å². The summed E-state index contributed by atoms with van der Waals surface area (Å²) in [6.45, 7) is 2.87. The Morgan fingerprint density at radius 2 is 2.08 bits per heavy atom. The molecule has 0 radical (unpaired) electrons. The van der Waals surface area contributed by atoms with E-state index in [4.69, 9.17) is 10.5 Å². The molecule has 0 unspecified atom stereocenters. The Bertz CT molecular complexity index is 1080. The zero-order chi connectivity index (χ0) is 18.3. The Labute approximate surface area is 149 Å². The summed E-state index contributed by atoms with van der Waals surface area (Å²) < 4.78 is 7.10. The lowest BCUT2D eigenvalue weighted by Gasteiger charge is -2.17. The lowest BCUT2D eigenvalue weighted by Crippen LogP contribution is -2.34. The number of hydrogen-bond acceptors (Lipinski definition) is 5. The van der Waals surface area contributed by atoms with Crippen molar-refractivity contribution in [2.75, 3.05) is 12.3 Å². The Balaban J connectivity index is 1.98. The fourth-order valence-corrected chi connectivity index (χ4v) is 3.58. The van der Waals surface area contributed by atoms with Crippen molar-refractivity contribution in [2.24, 2.45) is 0 Å². The number of H-pyrrole nitrogens is 1. The van der Waals surface area contributed by atoms with Crippen LogP contribution in [0.1, 0.15) is 18.5 Å². The fraction of sp³-hybridized carbons (Fsp3) is 0.316. The second kappa shape index (κ2) is 6.42. The summed E-state index contributed by atoms with van der Waals surface area (Å²) in [5.74, 6) is 0. The van der Waals surface area contributed by atoms with Gasteiger partial charge >= 0.3 is 5.69 Å². The lowest BCUT2D eigenvalue weighted by molar-refractivity contribution is 0.0967. The molecule has 0 bridgehead atoms. The van der Waals surface area contributed by atoms with Gasteiger partial charge in [-0.2, -0.15) is 0 Å². The number of pyridine rings is 1. The number of fused-ring (bicyclic) bond motifs is 1. The molecule has 1 atom stereocenters. The fourth-order valence-electron chi connectivity index (χ4n) is 3.58. The summed E-state index contributed by atoms with van der Waals surface area (Å²) in [6, 6.07) is 9.56. The summed E-state index contributed by atoms with van der Waals surface area (Å²) in [5, 5.41) is 0.243. The standard InChI is InChI=1S/C19H20N4O3/c1-11-14(12-6-3-2-4-7-12)16(20)15-17(21-11)23(19(25)22-18(15)24)10-13-8-5-9-26-13/h2-4,6-7,13H,5,8-10H2,1H3,(H2,20,21)(H,22,24,25)/t13-/m1/s1. The van der Waals surface area contributed by atoms with Crippen LogP contribution in [0.15, 0.2) is 39.9 Å². The van der Waals surface area contributed by atoms with E-state index < -0.39 is 11.2 Å². The molecule has 1 aromatic carbocycles. The van der Waals surface area contributed by atoms with Crippen LogP contribution in [-0.2, 0) is 11.3 Å². The molecule has 3 heterocycles. The lowest BCUT2D eigenvalue weighted by atomic mass is 10.0. The molecule has 0 aliphatic carbocycles. The summed E-state index contributed by atoms with van der Waals surface area (Å²) in [5.41, 5.74) is 8.28. The van der Waals surface area contributed by atoms with Crippen molar-refractivity contribution < 1.29 is 4.74 Å². The maximum Gasteiger partial charge on any atom is 0.330 e. The van der Waals surface area contributed by atoms with Crippen LogP contribution in [0.2, 0.25) is 0 Å². The summed E-state index contributed by atoms with van der Waals surface area (Å²) >= 11 is 0. The van der Waals surface area contributed by atoms with Crippen molar-refractivity contribution >= 4 is 16.7 Å². The van der Waals surface area contributed by atoms with Crippen LogP contribution in [0, 0.1) is 6.92 Å². The maximum atomic E-state index is 12.5. The number of nitrogens with one attached hydrogen (secondary N) is 1. The van der Waals surface area contributed by atoms with Crippen LogP contribution in [0.5, 0.6) is 0 Å². The number of aromatic amines is 1. The Morgan fingerprint density at radius 3 is 2.77 bits per heavy atom. The van der Waals surface area contributed by atoms with Crippen LogP contribution >= 0.6 is 0 Å². The third kappa shape index (κ3) is 2.70. The first-order chi connectivity index (χ1) is 12.6. The van der Waals surface area contributed by atoms with Gasteiger partial charge in [-0.05, 0) is 25.3 Å². The second-order valence-electron chi connectivity index (χ2n) is 6.56. The first kappa shape index (κ1) is 16.5. The summed E-state index contributed by atoms with van der Waals surface area (Å²) in [4.78, 5) is 31.8. The SMILES string of the molecule is Cc1nc2c(c(N)c1-c1ccccc1)c(=O)[nH]c(=O)n2C[C@H]1CCCO1. The van der Waals surface area contributed by atoms with Crippen molar-refractivity contribution in [3.8, 4) is 11.1 Å². The van der Waals surface area contributed by atoms with Gasteiger partial charge in [-0.1, -0.05) is 30.3 Å². The van der Waals surface area contributed by atoms with E-state index in [0.717, 1.165) is 18.4 Å². The number of benzene rings is 1. The predicted molar refractivity (Wildman–Crippen MR) is 100 cm³/mol. The molecule has 134 valence electrons. The van der Waals surface area contributed by atoms with Gasteiger partial charge in [-0.3, -0.25) is 14.3 Å². The molecule has 1 aliphatic rings. The molecule has 7 nitrogen and oxygen atoms in total. The zero-order valence-corrected chi connectivity index (χ0v) is 14.5. The Morgan fingerprint density at radius 1 is 1.31 bits per heavy atom. The average molecular weight is 352 g/mol. The van der Waals surface area contributed by atoms with Crippen molar-refractivity contribution in [3.05, 3.63) is 56.9 Å². The van der Waals surface area contributed by atoms with E-state index in [1.165, 1.54) is 4.57 Å². The molecule has 26 heavy (non-hydrogen) atoms. The molecule has 1 aliphatic heterocycles. The number of nitrogens with zero attached hydrogens (tertiary/aromatic N) is 2. The third-order valence-electron chi connectivity index (χ3n) is 4.82. The number of nitrogens with two attached hydrogens (primary N) is 1. The van der Waals surface area contributed by atoms with Crippen molar-refractivity contribution in [1.82, 2.24) is 14.5 Å². The summed E-state index contributed by atoms with van der Waals surface area (Å²) in [7, 11) is 0. The molecular formula is C19H20N4O3. The molecular weight excluding hydrogens is 332 g/mol. The van der Waals surface area contributed by atoms with Crippen LogP contribution in [0.4, 0.5) is 5.69 Å². The van der Waals surface area contributed by atoms with Gasteiger partial charge in [0.05, 0.1) is 18.3 Å². The Hall–Kier alpha value is -2.93. The summed E-state index contributed by atoms with van der Waals surface area (Å²) in [6.07, 6.45) is 1.79. The minimum absolute atomic E-state index is 0.0565. The van der Waals surface area contributed by atoms with Crippen LogP contribution in [0.25, 0.3) is 22.2 Å². The van der Waals surface area contributed by atoms with Crippen molar-refractivity contribution in [1.29, 1.82) is 0 Å². The molecule has 1 fully saturated rings. The number of ether oxygens (including phenoxy) is 1. The number of aryl methyl sites for hydroxylation is 1. The van der Waals surface area contributed by atoms with E-state index in [9.17, 15) is 9.59 Å². The molecule has 0 spiro atoms. The van der Waals surface area contributed by atoms with E-state index in [-0.39, 0.29) is 11.5 Å². The second-order valence-corrected chi connectivity index (χ2v) is 6.56. The monoisotopic (exact) mass is 352 g/mol. The Kier molecular flexibility index (Phi) is 4.08. The van der Waals surface area contributed by atoms with E-state index in [2.05, 4.69) is 9.97 Å². The zero-order valence-electron chi connectivity index (χ0n) is 14.5. The van der Waals surface area contributed by atoms with Gasteiger partial charge in [-0.25, -0.2) is 9.78 Å². The number of anilines is 1. The van der Waals surface area contributed by atoms with Gasteiger partial charge in [0.15, 0.2) is 5.65 Å². The van der Waals surface area contributed by atoms with Crippen LogP contribution < -0.4 is 17.0 Å². The topological polar surface area (TPSA) is 103 Å². The van der Waals surface area contributed by atoms with Crippen molar-refractivity contribution in [3.63, 3.8) is 0 Å². The average Bonchev–Trinajstić information content (AvgIpc) is 3.12. The predicted octanol–water partition coefficient (Wildman–Crippen LogP) is 1.82. The number of hydrogen-bond donors (Lipinski definition) is 2. The smallest absolute Gasteiger partial charge is 0.330 e. The molecule has 3 N–H and O–H groups in total. The van der Waals surface area contributed by atoms with Crippen LogP contribution in [-0.4, -0.2) is 27.2 Å². The first-order valence-electron chi connectivity index (χ1n) is 8.66. The maximum absolute atomic E-state index is 12.5. The minimum atomic E-state index is -0.518. The van der Waals surface area contributed by atoms with Gasteiger partial charge in [0.2, 0.25) is 0 Å². The molecule has 2 aromatic heterocycles. The number of rotatable bonds is 3. The molecule has 7 heteroatoms. The van der Waals surface area contributed by atoms with E-state index in [1.807, 2.05) is 37.3 Å². The highest BCUT2D eigenvalue weighted by Crippen LogP contribution is 2.32. The van der Waals surface area contributed by atoms with E-state index in [1.54, 1.807) is 0 Å². The molecule has 4 rings (SSSR count). The van der Waals surface area contributed by atoms with Gasteiger partial charge in [0, 0.05) is 17.9 Å². The largest absolute Gasteiger partial charge is 0.397 e. The van der Waals surface area contributed by atoms with E-state index >= 15 is 0 Å². The highest BCUT2D eigenvalue weighted by atomic mass is 16.5. The first-order valence-corrected chi connectivity index (χ1v) is 8.66. The van der Waals surface area contributed by atoms with Crippen LogP contribution in [0.3, 0.4) is 0 Å². The normalized spacial score (nSPS) is 17.0. The van der Waals surface area contributed by atoms with Gasteiger partial charge in [0.25, 0.3) is 5.56 Å².